The Morgan fingerprint density at radius 1 is 1.22 bits per heavy atom. The Hall–Kier alpha value is -0.390. The van der Waals surface area contributed by atoms with Crippen LogP contribution < -0.4 is 5.32 Å². The first kappa shape index (κ1) is 14.0. The van der Waals surface area contributed by atoms with Crippen molar-refractivity contribution in [2.75, 3.05) is 0 Å². The van der Waals surface area contributed by atoms with Crippen molar-refractivity contribution in [2.24, 2.45) is 0 Å². The van der Waals surface area contributed by atoms with Gasteiger partial charge in [-0.3, -0.25) is 0 Å². The van der Waals surface area contributed by atoms with Crippen molar-refractivity contribution in [3.63, 3.8) is 0 Å². The van der Waals surface area contributed by atoms with Crippen LogP contribution in [0.5, 0.6) is 0 Å². The molecule has 1 atom stereocenters. The van der Waals surface area contributed by atoms with Gasteiger partial charge < -0.3 is 5.32 Å². The van der Waals surface area contributed by atoms with Gasteiger partial charge in [0.2, 0.25) is 0 Å². The molecule has 3 heteroatoms. The van der Waals surface area contributed by atoms with E-state index in [0.717, 1.165) is 13.0 Å². The number of aryl methyl sites for hydroxylation is 1. The summed E-state index contributed by atoms with van der Waals surface area (Å²) in [6, 6.07) is 11.4. The number of hydrogen-bond acceptors (Lipinski definition) is 2. The van der Waals surface area contributed by atoms with Crippen LogP contribution in [0.25, 0.3) is 0 Å². The van der Waals surface area contributed by atoms with Gasteiger partial charge in [-0.15, -0.1) is 11.3 Å². The van der Waals surface area contributed by atoms with Gasteiger partial charge in [0.05, 0.1) is 0 Å². The quantitative estimate of drug-likeness (QED) is 0.747. The molecule has 1 aromatic carbocycles. The van der Waals surface area contributed by atoms with Crippen LogP contribution in [-0.4, -0.2) is 0 Å². The second-order valence-electron chi connectivity index (χ2n) is 4.38. The van der Waals surface area contributed by atoms with E-state index in [4.69, 9.17) is 0 Å². The minimum atomic E-state index is 0.397. The summed E-state index contributed by atoms with van der Waals surface area (Å²) in [6.45, 7) is 5.41. The van der Waals surface area contributed by atoms with Crippen molar-refractivity contribution in [2.45, 2.75) is 32.9 Å². The van der Waals surface area contributed by atoms with Crippen LogP contribution in [0.3, 0.4) is 0 Å². The molecule has 2 rings (SSSR count). The zero-order valence-corrected chi connectivity index (χ0v) is 13.7. The Bertz CT molecular complexity index is 489. The molecule has 0 saturated carbocycles. The molecule has 1 unspecified atom stereocenters. The van der Waals surface area contributed by atoms with E-state index < -0.39 is 0 Å². The summed E-state index contributed by atoms with van der Waals surface area (Å²) < 4.78 is 1.29. The number of hydrogen-bond donors (Lipinski definition) is 1. The van der Waals surface area contributed by atoms with Crippen LogP contribution >= 0.6 is 33.9 Å². The monoisotopic (exact) mass is 371 g/mol. The molecule has 2 aromatic rings. The Labute approximate surface area is 127 Å². The maximum absolute atomic E-state index is 3.60. The van der Waals surface area contributed by atoms with E-state index in [-0.39, 0.29) is 0 Å². The summed E-state index contributed by atoms with van der Waals surface area (Å²) in [5, 5.41) is 5.79. The number of rotatable bonds is 5. The van der Waals surface area contributed by atoms with E-state index in [9.17, 15) is 0 Å². The van der Waals surface area contributed by atoms with Gasteiger partial charge in [-0.2, -0.15) is 0 Å². The van der Waals surface area contributed by atoms with Gasteiger partial charge in [0.25, 0.3) is 0 Å². The normalized spacial score (nSPS) is 12.6. The van der Waals surface area contributed by atoms with Crippen LogP contribution in [0.4, 0.5) is 0 Å². The minimum Gasteiger partial charge on any atom is -0.305 e. The molecule has 1 heterocycles. The van der Waals surface area contributed by atoms with Gasteiger partial charge in [0, 0.05) is 21.0 Å². The molecule has 1 aromatic heterocycles. The Balaban J connectivity index is 1.96. The summed E-state index contributed by atoms with van der Waals surface area (Å²) in [5.41, 5.74) is 2.83. The number of benzene rings is 1. The lowest BCUT2D eigenvalue weighted by molar-refractivity contribution is 0.577. The van der Waals surface area contributed by atoms with Gasteiger partial charge >= 0.3 is 0 Å². The molecule has 0 aliphatic rings. The number of halogens is 1. The topological polar surface area (TPSA) is 12.0 Å². The smallest absolute Gasteiger partial charge is 0.0308 e. The van der Waals surface area contributed by atoms with Crippen LogP contribution in [0, 0.1) is 3.57 Å². The fraction of sp³-hybridized carbons (Fsp3) is 0.333. The van der Waals surface area contributed by atoms with Crippen molar-refractivity contribution in [3.05, 3.63) is 55.3 Å². The highest BCUT2D eigenvalue weighted by molar-refractivity contribution is 14.1. The molecule has 0 amide bonds. The molecule has 0 saturated heterocycles. The molecular weight excluding hydrogens is 353 g/mol. The third-order valence-electron chi connectivity index (χ3n) is 3.16. The van der Waals surface area contributed by atoms with E-state index in [0.29, 0.717) is 6.04 Å². The number of thiophene rings is 1. The van der Waals surface area contributed by atoms with Crippen molar-refractivity contribution < 1.29 is 0 Å². The first-order valence-corrected chi connectivity index (χ1v) is 8.20. The molecule has 0 aliphatic heterocycles. The molecule has 18 heavy (non-hydrogen) atoms. The van der Waals surface area contributed by atoms with Gasteiger partial charge in [-0.05, 0) is 70.6 Å². The summed E-state index contributed by atoms with van der Waals surface area (Å²) in [6.07, 6.45) is 1.12. The average Bonchev–Trinajstić information content (AvgIpc) is 2.84. The van der Waals surface area contributed by atoms with Crippen molar-refractivity contribution in [3.8, 4) is 0 Å². The van der Waals surface area contributed by atoms with E-state index in [1.807, 2.05) is 11.3 Å². The average molecular weight is 371 g/mol. The molecule has 96 valence electrons. The van der Waals surface area contributed by atoms with Gasteiger partial charge in [0.1, 0.15) is 0 Å². The zero-order chi connectivity index (χ0) is 13.0. The largest absolute Gasteiger partial charge is 0.305 e. The van der Waals surface area contributed by atoms with E-state index in [1.54, 1.807) is 0 Å². The fourth-order valence-electron chi connectivity index (χ4n) is 1.95. The predicted octanol–water partition coefficient (Wildman–Crippen LogP) is 4.77. The van der Waals surface area contributed by atoms with Crippen LogP contribution in [0.2, 0.25) is 0 Å². The molecule has 0 fully saturated rings. The Morgan fingerprint density at radius 3 is 2.61 bits per heavy atom. The van der Waals surface area contributed by atoms with Crippen molar-refractivity contribution in [1.29, 1.82) is 0 Å². The molecule has 1 nitrogen and oxygen atoms in total. The van der Waals surface area contributed by atoms with E-state index in [1.165, 1.54) is 19.6 Å². The molecule has 0 aliphatic carbocycles. The molecular formula is C15H18INS. The highest BCUT2D eigenvalue weighted by Crippen LogP contribution is 2.19. The summed E-state index contributed by atoms with van der Waals surface area (Å²) in [7, 11) is 0. The lowest BCUT2D eigenvalue weighted by atomic mass is 10.1. The maximum atomic E-state index is 3.60. The van der Waals surface area contributed by atoms with Gasteiger partial charge in [-0.25, -0.2) is 0 Å². The SMILES string of the molecule is CCc1ccsc1CNC(C)c1ccc(I)cc1. The molecule has 1 N–H and O–H groups in total. The fourth-order valence-corrected chi connectivity index (χ4v) is 3.24. The first-order chi connectivity index (χ1) is 8.70. The van der Waals surface area contributed by atoms with Gasteiger partial charge in [0.15, 0.2) is 0 Å². The summed E-state index contributed by atoms with van der Waals surface area (Å²) in [4.78, 5) is 1.47. The Morgan fingerprint density at radius 2 is 1.94 bits per heavy atom. The minimum absolute atomic E-state index is 0.397. The van der Waals surface area contributed by atoms with Crippen LogP contribution in [-0.2, 0) is 13.0 Å². The van der Waals surface area contributed by atoms with Crippen molar-refractivity contribution in [1.82, 2.24) is 5.32 Å². The van der Waals surface area contributed by atoms with Crippen LogP contribution in [0.15, 0.2) is 35.7 Å². The molecule has 0 spiro atoms. The second kappa shape index (κ2) is 6.68. The maximum Gasteiger partial charge on any atom is 0.0308 e. The second-order valence-corrected chi connectivity index (χ2v) is 6.62. The Kier molecular flexibility index (Phi) is 5.21. The molecule has 0 bridgehead atoms. The summed E-state index contributed by atoms with van der Waals surface area (Å²) >= 11 is 4.19. The zero-order valence-electron chi connectivity index (χ0n) is 10.7. The van der Waals surface area contributed by atoms with Crippen molar-refractivity contribution >= 4 is 33.9 Å². The molecule has 0 radical (unpaired) electrons. The van der Waals surface area contributed by atoms with Gasteiger partial charge in [-0.1, -0.05) is 19.1 Å². The standard InChI is InChI=1S/C15H18INS/c1-3-12-8-9-18-15(12)10-17-11(2)13-4-6-14(16)7-5-13/h4-9,11,17H,3,10H2,1-2H3. The lowest BCUT2D eigenvalue weighted by Gasteiger charge is -2.14. The van der Waals surface area contributed by atoms with Crippen LogP contribution in [0.1, 0.15) is 35.9 Å². The first-order valence-electron chi connectivity index (χ1n) is 6.24. The highest BCUT2D eigenvalue weighted by Gasteiger charge is 2.07. The highest BCUT2D eigenvalue weighted by atomic mass is 127. The third kappa shape index (κ3) is 3.56. The lowest BCUT2D eigenvalue weighted by Crippen LogP contribution is -2.18. The number of nitrogens with one attached hydrogen (secondary N) is 1. The predicted molar refractivity (Wildman–Crippen MR) is 88.1 cm³/mol. The van der Waals surface area contributed by atoms with E-state index in [2.05, 4.69) is 77.5 Å². The third-order valence-corrected chi connectivity index (χ3v) is 4.84. The van der Waals surface area contributed by atoms with E-state index >= 15 is 0 Å². The summed E-state index contributed by atoms with van der Waals surface area (Å²) in [5.74, 6) is 0.